The van der Waals surface area contributed by atoms with Crippen molar-refractivity contribution in [1.29, 1.82) is 0 Å². The Morgan fingerprint density at radius 3 is 1.83 bits per heavy atom. The smallest absolute Gasteiger partial charge is 0.187 e. The number of aliphatic hydroxyl groups excluding tert-OH is 7. The van der Waals surface area contributed by atoms with Crippen molar-refractivity contribution in [2.75, 3.05) is 20.3 Å². The average Bonchev–Trinajstić information content (AvgIpc) is 2.58. The van der Waals surface area contributed by atoms with Gasteiger partial charge in [0.15, 0.2) is 12.6 Å². The lowest BCUT2D eigenvalue weighted by atomic mass is 9.97. The Balaban J connectivity index is 2.12. The van der Waals surface area contributed by atoms with Gasteiger partial charge in [0, 0.05) is 7.11 Å². The average molecular weight is 356 g/mol. The van der Waals surface area contributed by atoms with Gasteiger partial charge in [-0.2, -0.15) is 0 Å². The van der Waals surface area contributed by atoms with Crippen LogP contribution in [0.15, 0.2) is 0 Å². The zero-order valence-electron chi connectivity index (χ0n) is 13.0. The number of methoxy groups -OCH3 is 1. The fraction of sp³-hybridized carbons (Fsp3) is 1.00. The van der Waals surface area contributed by atoms with Crippen LogP contribution in [0.1, 0.15) is 0 Å². The minimum absolute atomic E-state index is 0.531. The van der Waals surface area contributed by atoms with Crippen LogP contribution >= 0.6 is 0 Å². The van der Waals surface area contributed by atoms with Gasteiger partial charge in [-0.3, -0.25) is 0 Å². The molecule has 0 amide bonds. The summed E-state index contributed by atoms with van der Waals surface area (Å²) < 4.78 is 20.6. The summed E-state index contributed by atoms with van der Waals surface area (Å²) >= 11 is 0. The molecule has 0 aromatic heterocycles. The van der Waals surface area contributed by atoms with Crippen LogP contribution in [0.25, 0.3) is 0 Å². The summed E-state index contributed by atoms with van der Waals surface area (Å²) in [7, 11) is 1.27. The van der Waals surface area contributed by atoms with Crippen molar-refractivity contribution in [3.8, 4) is 0 Å². The van der Waals surface area contributed by atoms with E-state index in [0.717, 1.165) is 0 Å². The molecule has 2 saturated heterocycles. The molecule has 0 saturated carbocycles. The second-order valence-electron chi connectivity index (χ2n) is 5.74. The van der Waals surface area contributed by atoms with Gasteiger partial charge in [0.1, 0.15) is 48.8 Å². The third kappa shape index (κ3) is 3.71. The van der Waals surface area contributed by atoms with E-state index in [-0.39, 0.29) is 0 Å². The van der Waals surface area contributed by atoms with E-state index in [1.807, 2.05) is 0 Å². The SMILES string of the molecule is CO[C@@H]1C(CO)O[C@H](O[C@@H]2C(CO)O[C@H](O)[C@@H](O)C2O)[C@@H](O)C1O. The quantitative estimate of drug-likeness (QED) is 0.251. The molecule has 2 rings (SSSR count). The summed E-state index contributed by atoms with van der Waals surface area (Å²) in [5.41, 5.74) is 0. The van der Waals surface area contributed by atoms with E-state index in [2.05, 4.69) is 0 Å². The van der Waals surface area contributed by atoms with Gasteiger partial charge >= 0.3 is 0 Å². The molecule has 11 heteroatoms. The van der Waals surface area contributed by atoms with Crippen LogP contribution in [0.4, 0.5) is 0 Å². The van der Waals surface area contributed by atoms with Crippen LogP contribution in [0, 0.1) is 0 Å². The van der Waals surface area contributed by atoms with Crippen LogP contribution in [0.3, 0.4) is 0 Å². The molecule has 24 heavy (non-hydrogen) atoms. The predicted molar refractivity (Wildman–Crippen MR) is 73.4 cm³/mol. The molecular weight excluding hydrogens is 332 g/mol. The van der Waals surface area contributed by atoms with E-state index >= 15 is 0 Å². The molecule has 10 atom stereocenters. The van der Waals surface area contributed by atoms with Gasteiger partial charge in [-0.05, 0) is 0 Å². The molecule has 0 spiro atoms. The molecule has 7 N–H and O–H groups in total. The highest BCUT2D eigenvalue weighted by molar-refractivity contribution is 4.94. The fourth-order valence-corrected chi connectivity index (χ4v) is 2.85. The molecule has 2 fully saturated rings. The Bertz CT molecular complexity index is 392. The van der Waals surface area contributed by atoms with Crippen LogP contribution in [0.2, 0.25) is 0 Å². The molecule has 0 radical (unpaired) electrons. The van der Waals surface area contributed by atoms with E-state index in [9.17, 15) is 35.7 Å². The first-order chi connectivity index (χ1) is 11.3. The number of aliphatic hydroxyl groups is 7. The molecule has 0 aliphatic carbocycles. The lowest BCUT2D eigenvalue weighted by molar-refractivity contribution is -0.356. The number of hydrogen-bond donors (Lipinski definition) is 7. The van der Waals surface area contributed by atoms with Gasteiger partial charge in [0.05, 0.1) is 13.2 Å². The molecule has 2 aliphatic heterocycles. The first-order valence-electron chi connectivity index (χ1n) is 7.46. The second kappa shape index (κ2) is 8.29. The summed E-state index contributed by atoms with van der Waals surface area (Å²) in [6.07, 6.45) is -14.2. The number of ether oxygens (including phenoxy) is 4. The first kappa shape index (κ1) is 19.9. The Morgan fingerprint density at radius 2 is 1.29 bits per heavy atom. The van der Waals surface area contributed by atoms with Crippen LogP contribution in [-0.2, 0) is 18.9 Å². The van der Waals surface area contributed by atoms with E-state index in [1.54, 1.807) is 0 Å². The van der Waals surface area contributed by atoms with Gasteiger partial charge < -0.3 is 54.7 Å². The van der Waals surface area contributed by atoms with Crippen molar-refractivity contribution in [1.82, 2.24) is 0 Å². The summed E-state index contributed by atoms with van der Waals surface area (Å²) in [4.78, 5) is 0. The normalized spacial score (nSPS) is 50.0. The highest BCUT2D eigenvalue weighted by atomic mass is 16.7. The molecule has 11 nitrogen and oxygen atoms in total. The van der Waals surface area contributed by atoms with Gasteiger partial charge in [0.25, 0.3) is 0 Å². The van der Waals surface area contributed by atoms with Crippen LogP contribution in [-0.4, -0.2) is 117 Å². The zero-order valence-corrected chi connectivity index (χ0v) is 13.0. The minimum Gasteiger partial charge on any atom is -0.394 e. The molecule has 2 heterocycles. The maximum absolute atomic E-state index is 10.1. The van der Waals surface area contributed by atoms with Crippen molar-refractivity contribution in [3.63, 3.8) is 0 Å². The van der Waals surface area contributed by atoms with Gasteiger partial charge in [-0.15, -0.1) is 0 Å². The summed E-state index contributed by atoms with van der Waals surface area (Å²) in [5, 5.41) is 67.8. The molecule has 0 aromatic carbocycles. The van der Waals surface area contributed by atoms with Gasteiger partial charge in [0.2, 0.25) is 0 Å². The minimum atomic E-state index is -1.72. The summed E-state index contributed by atoms with van der Waals surface area (Å²) in [6.45, 7) is -1.18. The van der Waals surface area contributed by atoms with Crippen molar-refractivity contribution in [2.24, 2.45) is 0 Å². The highest BCUT2D eigenvalue weighted by Crippen LogP contribution is 2.29. The standard InChI is InChI=1S/C13H24O11/c1-21-10-4(2-14)23-13(9(19)7(10)17)24-11-5(3-15)22-12(20)8(18)6(11)16/h4-20H,2-3H2,1H3/t4?,5?,6?,7?,8-,9-,10+,11+,12-,13+/m0/s1. The van der Waals surface area contributed by atoms with E-state index in [0.29, 0.717) is 0 Å². The van der Waals surface area contributed by atoms with Gasteiger partial charge in [-0.25, -0.2) is 0 Å². The number of hydrogen-bond acceptors (Lipinski definition) is 11. The van der Waals surface area contributed by atoms with E-state index < -0.39 is 74.6 Å². The maximum Gasteiger partial charge on any atom is 0.187 e. The lowest BCUT2D eigenvalue weighted by Crippen LogP contribution is -2.64. The van der Waals surface area contributed by atoms with Crippen molar-refractivity contribution in [3.05, 3.63) is 0 Å². The van der Waals surface area contributed by atoms with E-state index in [4.69, 9.17) is 18.9 Å². The molecule has 0 bridgehead atoms. The molecule has 4 unspecified atom stereocenters. The molecule has 0 aromatic rings. The van der Waals surface area contributed by atoms with Crippen molar-refractivity contribution < 1.29 is 54.7 Å². The van der Waals surface area contributed by atoms with Crippen LogP contribution in [0.5, 0.6) is 0 Å². The van der Waals surface area contributed by atoms with E-state index in [1.165, 1.54) is 7.11 Å². The largest absolute Gasteiger partial charge is 0.394 e. The summed E-state index contributed by atoms with van der Waals surface area (Å²) in [5.74, 6) is 0. The Labute approximate surface area is 137 Å². The fourth-order valence-electron chi connectivity index (χ4n) is 2.85. The monoisotopic (exact) mass is 356 g/mol. The predicted octanol–water partition coefficient (Wildman–Crippen LogP) is -4.74. The second-order valence-corrected chi connectivity index (χ2v) is 5.74. The third-order valence-corrected chi connectivity index (χ3v) is 4.22. The number of rotatable bonds is 5. The molecule has 2 aliphatic rings. The highest BCUT2D eigenvalue weighted by Gasteiger charge is 2.50. The maximum atomic E-state index is 10.1. The molecular formula is C13H24O11. The third-order valence-electron chi connectivity index (χ3n) is 4.22. The summed E-state index contributed by atoms with van der Waals surface area (Å²) in [6, 6.07) is 0. The Hall–Kier alpha value is -0.440. The van der Waals surface area contributed by atoms with Gasteiger partial charge in [-0.1, -0.05) is 0 Å². The lowest BCUT2D eigenvalue weighted by Gasteiger charge is -2.45. The molecule has 142 valence electrons. The zero-order chi connectivity index (χ0) is 18.0. The Kier molecular flexibility index (Phi) is 6.87. The van der Waals surface area contributed by atoms with Crippen molar-refractivity contribution >= 4 is 0 Å². The van der Waals surface area contributed by atoms with Crippen LogP contribution < -0.4 is 0 Å². The first-order valence-corrected chi connectivity index (χ1v) is 7.46. The topological polar surface area (TPSA) is 179 Å². The Morgan fingerprint density at radius 1 is 0.750 bits per heavy atom. The van der Waals surface area contributed by atoms with Crippen molar-refractivity contribution in [2.45, 2.75) is 61.4 Å².